The van der Waals surface area contributed by atoms with Crippen molar-refractivity contribution >= 4 is 17.3 Å². The van der Waals surface area contributed by atoms with Gasteiger partial charge in [0.2, 0.25) is 0 Å². The van der Waals surface area contributed by atoms with Crippen LogP contribution in [0.2, 0.25) is 0 Å². The lowest BCUT2D eigenvalue weighted by Gasteiger charge is -2.08. The zero-order valence-corrected chi connectivity index (χ0v) is 7.84. The van der Waals surface area contributed by atoms with Crippen LogP contribution in [0.1, 0.15) is 10.4 Å². The minimum atomic E-state index is -2.46. The molecule has 0 saturated heterocycles. The van der Waals surface area contributed by atoms with Gasteiger partial charge in [-0.15, -0.1) is 0 Å². The average Bonchev–Trinajstić information content (AvgIpc) is 2.16. The molecule has 0 atom stereocenters. The van der Waals surface area contributed by atoms with E-state index in [2.05, 4.69) is 5.32 Å². The van der Waals surface area contributed by atoms with E-state index in [0.29, 0.717) is 5.69 Å². The fraction of sp³-hybridized carbons (Fsp3) is 0.222. The summed E-state index contributed by atoms with van der Waals surface area (Å²) in [5.74, 6) is -0.687. The lowest BCUT2D eigenvalue weighted by atomic mass is 10.1. The SMILES string of the molecule is NC(=O)c1cc(NCC(F)F)ccc1N. The summed E-state index contributed by atoms with van der Waals surface area (Å²) < 4.78 is 23.8. The summed E-state index contributed by atoms with van der Waals surface area (Å²) in [7, 11) is 0. The minimum absolute atomic E-state index is 0.120. The maximum Gasteiger partial charge on any atom is 0.255 e. The number of nitrogen functional groups attached to an aromatic ring is 1. The van der Waals surface area contributed by atoms with E-state index in [0.717, 1.165) is 0 Å². The molecule has 0 fully saturated rings. The van der Waals surface area contributed by atoms with Gasteiger partial charge in [0.15, 0.2) is 0 Å². The van der Waals surface area contributed by atoms with E-state index in [1.54, 1.807) is 0 Å². The van der Waals surface area contributed by atoms with E-state index in [1.165, 1.54) is 18.2 Å². The molecule has 0 saturated carbocycles. The van der Waals surface area contributed by atoms with Crippen molar-refractivity contribution in [2.45, 2.75) is 6.43 Å². The predicted octanol–water partition coefficient (Wildman–Crippen LogP) is 1.04. The highest BCUT2D eigenvalue weighted by Gasteiger charge is 2.07. The molecule has 1 amide bonds. The second-order valence-electron chi connectivity index (χ2n) is 2.94. The summed E-state index contributed by atoms with van der Waals surface area (Å²) in [5, 5.41) is 2.45. The number of hydrogen-bond donors (Lipinski definition) is 3. The molecule has 0 bridgehead atoms. The van der Waals surface area contributed by atoms with Crippen molar-refractivity contribution in [2.24, 2.45) is 5.73 Å². The molecule has 82 valence electrons. The average molecular weight is 215 g/mol. The Balaban J connectivity index is 2.83. The molecule has 0 aliphatic carbocycles. The number of anilines is 2. The molecule has 15 heavy (non-hydrogen) atoms. The molecule has 0 unspecified atom stereocenters. The number of carbonyl (C=O) groups is 1. The van der Waals surface area contributed by atoms with Crippen LogP contribution in [0.4, 0.5) is 20.2 Å². The molecule has 0 aromatic heterocycles. The van der Waals surface area contributed by atoms with E-state index in [4.69, 9.17) is 11.5 Å². The molecule has 0 aliphatic heterocycles. The number of benzene rings is 1. The molecule has 6 heteroatoms. The van der Waals surface area contributed by atoms with Crippen molar-refractivity contribution in [2.75, 3.05) is 17.6 Å². The van der Waals surface area contributed by atoms with Crippen LogP contribution in [-0.2, 0) is 0 Å². The van der Waals surface area contributed by atoms with Crippen molar-refractivity contribution in [1.82, 2.24) is 0 Å². The fourth-order valence-corrected chi connectivity index (χ4v) is 1.07. The van der Waals surface area contributed by atoms with Crippen LogP contribution < -0.4 is 16.8 Å². The largest absolute Gasteiger partial charge is 0.398 e. The van der Waals surface area contributed by atoms with Crippen LogP contribution in [0.5, 0.6) is 0 Å². The minimum Gasteiger partial charge on any atom is -0.398 e. The van der Waals surface area contributed by atoms with E-state index in [-0.39, 0.29) is 11.3 Å². The molecule has 1 aromatic carbocycles. The number of amides is 1. The number of nitrogens with one attached hydrogen (secondary N) is 1. The van der Waals surface area contributed by atoms with E-state index >= 15 is 0 Å². The summed E-state index contributed by atoms with van der Waals surface area (Å²) in [6.45, 7) is -0.484. The van der Waals surface area contributed by atoms with Gasteiger partial charge in [-0.3, -0.25) is 4.79 Å². The first-order chi connectivity index (χ1) is 7.00. The molecule has 5 N–H and O–H groups in total. The highest BCUT2D eigenvalue weighted by molar-refractivity contribution is 5.98. The Kier molecular flexibility index (Phi) is 3.43. The topological polar surface area (TPSA) is 81.1 Å². The number of rotatable bonds is 4. The van der Waals surface area contributed by atoms with Crippen LogP contribution in [0.3, 0.4) is 0 Å². The molecule has 0 heterocycles. The van der Waals surface area contributed by atoms with Crippen LogP contribution in [0.25, 0.3) is 0 Å². The van der Waals surface area contributed by atoms with Crippen molar-refractivity contribution < 1.29 is 13.6 Å². The first-order valence-electron chi connectivity index (χ1n) is 4.22. The normalized spacial score (nSPS) is 10.3. The monoisotopic (exact) mass is 215 g/mol. The third kappa shape index (κ3) is 3.08. The highest BCUT2D eigenvalue weighted by Crippen LogP contribution is 2.17. The zero-order valence-electron chi connectivity index (χ0n) is 7.84. The molecule has 1 aromatic rings. The summed E-state index contributed by atoms with van der Waals surface area (Å²) in [6.07, 6.45) is -2.46. The van der Waals surface area contributed by atoms with Gasteiger partial charge in [-0.25, -0.2) is 8.78 Å². The molecule has 0 radical (unpaired) electrons. The van der Waals surface area contributed by atoms with Crippen molar-refractivity contribution in [3.05, 3.63) is 23.8 Å². The summed E-state index contributed by atoms with van der Waals surface area (Å²) >= 11 is 0. The van der Waals surface area contributed by atoms with Gasteiger partial charge < -0.3 is 16.8 Å². The quantitative estimate of drug-likeness (QED) is 0.656. The summed E-state index contributed by atoms with van der Waals surface area (Å²) in [5.41, 5.74) is 11.2. The van der Waals surface area contributed by atoms with Gasteiger partial charge in [0.05, 0.1) is 12.1 Å². The van der Waals surface area contributed by atoms with Gasteiger partial charge in [-0.1, -0.05) is 0 Å². The van der Waals surface area contributed by atoms with Crippen LogP contribution in [0, 0.1) is 0 Å². The summed E-state index contributed by atoms with van der Waals surface area (Å²) in [6, 6.07) is 4.29. The van der Waals surface area contributed by atoms with E-state index in [9.17, 15) is 13.6 Å². The van der Waals surface area contributed by atoms with E-state index < -0.39 is 18.9 Å². The molecular formula is C9H11F2N3O. The van der Waals surface area contributed by atoms with Crippen LogP contribution in [-0.4, -0.2) is 18.9 Å². The summed E-state index contributed by atoms with van der Waals surface area (Å²) in [4.78, 5) is 10.9. The van der Waals surface area contributed by atoms with Gasteiger partial charge in [0.25, 0.3) is 12.3 Å². The number of nitrogens with two attached hydrogens (primary N) is 2. The van der Waals surface area contributed by atoms with Gasteiger partial charge in [0.1, 0.15) is 0 Å². The predicted molar refractivity (Wildman–Crippen MR) is 53.9 cm³/mol. The lowest BCUT2D eigenvalue weighted by molar-refractivity contribution is 0.100. The van der Waals surface area contributed by atoms with Gasteiger partial charge >= 0.3 is 0 Å². The smallest absolute Gasteiger partial charge is 0.255 e. The van der Waals surface area contributed by atoms with Crippen molar-refractivity contribution in [3.63, 3.8) is 0 Å². The standard InChI is InChI=1S/C9H11F2N3O/c10-8(11)4-14-5-1-2-7(12)6(3-5)9(13)15/h1-3,8,14H,4,12H2,(H2,13,15). The van der Waals surface area contributed by atoms with Gasteiger partial charge in [-0.05, 0) is 18.2 Å². The van der Waals surface area contributed by atoms with E-state index in [1.807, 2.05) is 0 Å². The second kappa shape index (κ2) is 4.59. The third-order valence-corrected chi connectivity index (χ3v) is 1.78. The van der Waals surface area contributed by atoms with Crippen molar-refractivity contribution in [3.8, 4) is 0 Å². The van der Waals surface area contributed by atoms with Crippen LogP contribution >= 0.6 is 0 Å². The molecular weight excluding hydrogens is 204 g/mol. The van der Waals surface area contributed by atoms with Gasteiger partial charge in [0, 0.05) is 11.4 Å². The number of alkyl halides is 2. The zero-order chi connectivity index (χ0) is 11.4. The first-order valence-corrected chi connectivity index (χ1v) is 4.22. The number of primary amides is 1. The van der Waals surface area contributed by atoms with Crippen LogP contribution in [0.15, 0.2) is 18.2 Å². The Bertz CT molecular complexity index is 368. The third-order valence-electron chi connectivity index (χ3n) is 1.78. The Morgan fingerprint density at radius 3 is 2.67 bits per heavy atom. The number of halogens is 2. The number of hydrogen-bond acceptors (Lipinski definition) is 3. The maximum absolute atomic E-state index is 11.9. The Morgan fingerprint density at radius 1 is 1.47 bits per heavy atom. The fourth-order valence-electron chi connectivity index (χ4n) is 1.07. The molecule has 0 aliphatic rings. The second-order valence-corrected chi connectivity index (χ2v) is 2.94. The first kappa shape index (κ1) is 11.2. The van der Waals surface area contributed by atoms with Crippen molar-refractivity contribution in [1.29, 1.82) is 0 Å². The Morgan fingerprint density at radius 2 is 2.13 bits per heavy atom. The lowest BCUT2D eigenvalue weighted by Crippen LogP contribution is -2.15. The molecule has 1 rings (SSSR count). The Hall–Kier alpha value is -1.85. The van der Waals surface area contributed by atoms with Gasteiger partial charge in [-0.2, -0.15) is 0 Å². The molecule has 4 nitrogen and oxygen atoms in total. The Labute approximate surface area is 85.2 Å². The highest BCUT2D eigenvalue weighted by atomic mass is 19.3. The number of carbonyl (C=O) groups excluding carboxylic acids is 1. The molecule has 0 spiro atoms. The maximum atomic E-state index is 11.9.